The molecule has 8 nitrogen and oxygen atoms in total. The second-order valence-corrected chi connectivity index (χ2v) is 7.26. The maximum absolute atomic E-state index is 12.7. The Morgan fingerprint density at radius 2 is 2.07 bits per heavy atom. The molecule has 4 heterocycles. The fraction of sp³-hybridized carbons (Fsp3) is 0.450. The average Bonchev–Trinajstić information content (AvgIpc) is 3.40. The van der Waals surface area contributed by atoms with E-state index < -0.39 is 0 Å². The van der Waals surface area contributed by atoms with Crippen molar-refractivity contribution in [1.29, 1.82) is 0 Å². The highest BCUT2D eigenvalue weighted by molar-refractivity contribution is 5.91. The van der Waals surface area contributed by atoms with Gasteiger partial charge in [0.1, 0.15) is 5.76 Å². The van der Waals surface area contributed by atoms with Gasteiger partial charge in [-0.2, -0.15) is 0 Å². The zero-order valence-electron chi connectivity index (χ0n) is 16.3. The molecule has 1 aliphatic rings. The summed E-state index contributed by atoms with van der Waals surface area (Å²) in [5.74, 6) is 0.960. The fourth-order valence-corrected chi connectivity index (χ4v) is 3.82. The number of carbonyl (C=O) groups excluding carboxylic acids is 1. The minimum atomic E-state index is -0.0846. The molecule has 0 N–H and O–H groups in total. The Kier molecular flexibility index (Phi) is 4.93. The summed E-state index contributed by atoms with van der Waals surface area (Å²) in [6.45, 7) is 6.32. The lowest BCUT2D eigenvalue weighted by Crippen LogP contribution is -2.35. The maximum Gasteiger partial charge on any atom is 0.292 e. The highest BCUT2D eigenvalue weighted by Crippen LogP contribution is 2.26. The van der Waals surface area contributed by atoms with Crippen LogP contribution < -0.4 is 0 Å². The topological polar surface area (TPSA) is 98.2 Å². The Hall–Kier alpha value is -3.03. The van der Waals surface area contributed by atoms with Crippen LogP contribution >= 0.6 is 0 Å². The van der Waals surface area contributed by atoms with Crippen molar-refractivity contribution >= 4 is 5.91 Å². The molecule has 0 aliphatic carbocycles. The van der Waals surface area contributed by atoms with E-state index in [1.54, 1.807) is 18.5 Å². The van der Waals surface area contributed by atoms with Crippen LogP contribution in [0.25, 0.3) is 11.3 Å². The van der Waals surface area contributed by atoms with E-state index >= 15 is 0 Å². The summed E-state index contributed by atoms with van der Waals surface area (Å²) in [6, 6.07) is 1.86. The number of aryl methyl sites for hydroxylation is 4. The largest absolute Gasteiger partial charge is 0.361 e. The summed E-state index contributed by atoms with van der Waals surface area (Å²) in [7, 11) is 0. The van der Waals surface area contributed by atoms with Crippen molar-refractivity contribution in [3.05, 3.63) is 47.1 Å². The van der Waals surface area contributed by atoms with Crippen molar-refractivity contribution in [2.45, 2.75) is 52.5 Å². The molecule has 0 bridgehead atoms. The zero-order valence-corrected chi connectivity index (χ0v) is 16.3. The number of nitrogens with zero attached hydrogens (tertiary/aromatic N) is 5. The summed E-state index contributed by atoms with van der Waals surface area (Å²) < 4.78 is 10.4. The second-order valence-electron chi connectivity index (χ2n) is 7.26. The molecule has 0 spiro atoms. The molecular weight excluding hydrogens is 358 g/mol. The lowest BCUT2D eigenvalue weighted by atomic mass is 10.1. The molecule has 4 rings (SSSR count). The number of amides is 1. The van der Waals surface area contributed by atoms with Crippen LogP contribution in [0.3, 0.4) is 0 Å². The molecule has 0 aromatic carbocycles. The normalized spacial score (nSPS) is 16.7. The zero-order chi connectivity index (χ0) is 19.7. The molecular formula is C20H23N5O3. The van der Waals surface area contributed by atoms with Gasteiger partial charge in [-0.25, -0.2) is 4.98 Å². The van der Waals surface area contributed by atoms with Crippen molar-refractivity contribution in [2.75, 3.05) is 6.54 Å². The molecule has 3 aromatic rings. The van der Waals surface area contributed by atoms with Crippen LogP contribution in [-0.4, -0.2) is 43.7 Å². The van der Waals surface area contributed by atoms with Gasteiger partial charge in [-0.05, 0) is 46.5 Å². The first-order valence-corrected chi connectivity index (χ1v) is 9.51. The lowest BCUT2D eigenvalue weighted by molar-refractivity contribution is 0.0688. The monoisotopic (exact) mass is 381 g/mol. The summed E-state index contributed by atoms with van der Waals surface area (Å²) >= 11 is 0. The van der Waals surface area contributed by atoms with Crippen LogP contribution in [0.2, 0.25) is 0 Å². The minimum Gasteiger partial charge on any atom is -0.361 e. The third-order valence-electron chi connectivity index (χ3n) is 5.18. The van der Waals surface area contributed by atoms with E-state index in [0.717, 1.165) is 60.6 Å². The van der Waals surface area contributed by atoms with Crippen LogP contribution in [0.5, 0.6) is 0 Å². The first-order valence-electron chi connectivity index (χ1n) is 9.51. The van der Waals surface area contributed by atoms with E-state index in [0.29, 0.717) is 11.5 Å². The molecule has 3 aromatic heterocycles. The Bertz CT molecular complexity index is 974. The van der Waals surface area contributed by atoms with Gasteiger partial charge in [0.2, 0.25) is 5.76 Å². The smallest absolute Gasteiger partial charge is 0.292 e. The Morgan fingerprint density at radius 3 is 2.79 bits per heavy atom. The SMILES string of the molecule is Cc1cc(C(=O)N2CCCC2CCc2cncc(-c3c(C)noc3C)n2)on1. The molecule has 0 radical (unpaired) electrons. The van der Waals surface area contributed by atoms with E-state index in [9.17, 15) is 4.79 Å². The molecule has 146 valence electrons. The molecule has 0 saturated carbocycles. The number of hydrogen-bond acceptors (Lipinski definition) is 7. The summed E-state index contributed by atoms with van der Waals surface area (Å²) in [6.07, 6.45) is 7.06. The van der Waals surface area contributed by atoms with Crippen molar-refractivity contribution in [1.82, 2.24) is 25.2 Å². The van der Waals surface area contributed by atoms with Crippen LogP contribution in [0, 0.1) is 20.8 Å². The quantitative estimate of drug-likeness (QED) is 0.669. The van der Waals surface area contributed by atoms with E-state index in [1.807, 2.05) is 25.7 Å². The molecule has 1 amide bonds. The van der Waals surface area contributed by atoms with Crippen molar-refractivity contribution in [3.63, 3.8) is 0 Å². The third kappa shape index (κ3) is 3.54. The van der Waals surface area contributed by atoms with Gasteiger partial charge in [0.05, 0.1) is 34.5 Å². The Morgan fingerprint density at radius 1 is 1.21 bits per heavy atom. The number of rotatable bonds is 5. The molecule has 1 unspecified atom stereocenters. The highest BCUT2D eigenvalue weighted by atomic mass is 16.5. The van der Waals surface area contributed by atoms with Crippen LogP contribution in [0.4, 0.5) is 0 Å². The molecule has 1 saturated heterocycles. The maximum atomic E-state index is 12.7. The summed E-state index contributed by atoms with van der Waals surface area (Å²) in [4.78, 5) is 23.7. The van der Waals surface area contributed by atoms with E-state index in [4.69, 9.17) is 14.0 Å². The van der Waals surface area contributed by atoms with Crippen molar-refractivity contribution in [3.8, 4) is 11.3 Å². The van der Waals surface area contributed by atoms with Gasteiger partial charge < -0.3 is 13.9 Å². The summed E-state index contributed by atoms with van der Waals surface area (Å²) in [5, 5.41) is 7.81. The van der Waals surface area contributed by atoms with Gasteiger partial charge in [-0.15, -0.1) is 0 Å². The standard InChI is InChI=1S/C20H23N5O3/c1-12-9-18(28-23-12)20(26)25-8-4-5-16(25)7-6-15-10-21-11-17(22-15)19-13(2)24-27-14(19)3/h9-11,16H,4-8H2,1-3H3. The Balaban J connectivity index is 1.45. The van der Waals surface area contributed by atoms with Gasteiger partial charge in [-0.1, -0.05) is 10.3 Å². The highest BCUT2D eigenvalue weighted by Gasteiger charge is 2.31. The Labute approximate surface area is 162 Å². The number of carbonyl (C=O) groups is 1. The van der Waals surface area contributed by atoms with Gasteiger partial charge >= 0.3 is 0 Å². The van der Waals surface area contributed by atoms with Gasteiger partial charge in [0.25, 0.3) is 5.91 Å². The molecule has 1 fully saturated rings. The first kappa shape index (κ1) is 18.3. The third-order valence-corrected chi connectivity index (χ3v) is 5.18. The molecule has 28 heavy (non-hydrogen) atoms. The minimum absolute atomic E-state index is 0.0846. The fourth-order valence-electron chi connectivity index (χ4n) is 3.82. The second kappa shape index (κ2) is 7.53. The molecule has 1 aliphatic heterocycles. The molecule has 8 heteroatoms. The predicted molar refractivity (Wildman–Crippen MR) is 101 cm³/mol. The first-order chi connectivity index (χ1) is 13.5. The average molecular weight is 381 g/mol. The van der Waals surface area contributed by atoms with Crippen molar-refractivity contribution < 1.29 is 13.8 Å². The lowest BCUT2D eigenvalue weighted by Gasteiger charge is -2.23. The number of aromatic nitrogens is 4. The summed E-state index contributed by atoms with van der Waals surface area (Å²) in [5.41, 5.74) is 4.08. The van der Waals surface area contributed by atoms with Gasteiger partial charge in [-0.3, -0.25) is 9.78 Å². The number of likely N-dealkylation sites (tertiary alicyclic amines) is 1. The number of hydrogen-bond donors (Lipinski definition) is 0. The van der Waals surface area contributed by atoms with Crippen molar-refractivity contribution in [2.24, 2.45) is 0 Å². The van der Waals surface area contributed by atoms with Crippen LogP contribution in [-0.2, 0) is 6.42 Å². The van der Waals surface area contributed by atoms with Crippen LogP contribution in [0.1, 0.15) is 52.7 Å². The van der Waals surface area contributed by atoms with Gasteiger partial charge in [0, 0.05) is 24.8 Å². The van der Waals surface area contributed by atoms with Gasteiger partial charge in [0.15, 0.2) is 0 Å². The molecule has 1 atom stereocenters. The van der Waals surface area contributed by atoms with Crippen LogP contribution in [0.15, 0.2) is 27.5 Å². The van der Waals surface area contributed by atoms with E-state index in [2.05, 4.69) is 15.3 Å². The predicted octanol–water partition coefficient (Wildman–Crippen LogP) is 3.28. The van der Waals surface area contributed by atoms with E-state index in [-0.39, 0.29) is 11.9 Å². The van der Waals surface area contributed by atoms with E-state index in [1.165, 1.54) is 0 Å².